The van der Waals surface area contributed by atoms with Crippen LogP contribution in [0, 0.1) is 5.41 Å². The molecule has 4 heteroatoms. The Kier molecular flexibility index (Phi) is 6.82. The summed E-state index contributed by atoms with van der Waals surface area (Å²) in [6, 6.07) is 10.2. The molecule has 1 unspecified atom stereocenters. The number of aliphatic imine (C=N–C) groups is 1. The SMILES string of the molecule is C=CC(C)(N(C)C=NCN(C)c1ccccc1)C(C)(C)CCO. The summed E-state index contributed by atoms with van der Waals surface area (Å²) in [5.74, 6) is 0. The molecule has 1 aromatic rings. The van der Waals surface area contributed by atoms with Gasteiger partial charge in [-0.25, -0.2) is 0 Å². The molecule has 0 aliphatic heterocycles. The number of anilines is 1. The Morgan fingerprint density at radius 1 is 1.17 bits per heavy atom. The average molecular weight is 317 g/mol. The van der Waals surface area contributed by atoms with Crippen molar-refractivity contribution in [2.24, 2.45) is 10.4 Å². The molecule has 23 heavy (non-hydrogen) atoms. The zero-order valence-electron chi connectivity index (χ0n) is 15.2. The van der Waals surface area contributed by atoms with Crippen LogP contribution in [-0.4, -0.2) is 49.3 Å². The van der Waals surface area contributed by atoms with Gasteiger partial charge in [0.2, 0.25) is 0 Å². The van der Waals surface area contributed by atoms with Gasteiger partial charge >= 0.3 is 0 Å². The van der Waals surface area contributed by atoms with E-state index in [-0.39, 0.29) is 17.6 Å². The molecule has 0 aromatic heterocycles. The minimum atomic E-state index is -0.287. The molecule has 1 aromatic carbocycles. The summed E-state index contributed by atoms with van der Waals surface area (Å²) in [7, 11) is 4.03. The third-order valence-corrected chi connectivity index (χ3v) is 4.98. The number of rotatable bonds is 9. The van der Waals surface area contributed by atoms with Gasteiger partial charge in [0.05, 0.1) is 11.9 Å². The third-order valence-electron chi connectivity index (χ3n) is 4.98. The fourth-order valence-corrected chi connectivity index (χ4v) is 2.60. The van der Waals surface area contributed by atoms with E-state index in [1.807, 2.05) is 44.7 Å². The topological polar surface area (TPSA) is 39.1 Å². The van der Waals surface area contributed by atoms with E-state index in [0.29, 0.717) is 13.1 Å². The van der Waals surface area contributed by atoms with Crippen molar-refractivity contribution in [3.63, 3.8) is 0 Å². The van der Waals surface area contributed by atoms with Crippen molar-refractivity contribution < 1.29 is 5.11 Å². The number of aliphatic hydroxyl groups excluding tert-OH is 1. The van der Waals surface area contributed by atoms with Crippen LogP contribution in [0.25, 0.3) is 0 Å². The molecule has 1 N–H and O–H groups in total. The Hall–Kier alpha value is -1.81. The Balaban J connectivity index is 2.76. The lowest BCUT2D eigenvalue weighted by Gasteiger charge is -2.47. The fourth-order valence-electron chi connectivity index (χ4n) is 2.60. The molecule has 0 aliphatic carbocycles. The molecule has 128 valence electrons. The van der Waals surface area contributed by atoms with Crippen LogP contribution in [0.2, 0.25) is 0 Å². The van der Waals surface area contributed by atoms with Gasteiger partial charge in [-0.2, -0.15) is 0 Å². The summed E-state index contributed by atoms with van der Waals surface area (Å²) in [5, 5.41) is 9.32. The molecule has 4 nitrogen and oxygen atoms in total. The molecular formula is C19H31N3O. The van der Waals surface area contributed by atoms with E-state index in [9.17, 15) is 5.11 Å². The first-order valence-corrected chi connectivity index (χ1v) is 8.02. The zero-order chi connectivity index (χ0) is 17.5. The molecular weight excluding hydrogens is 286 g/mol. The monoisotopic (exact) mass is 317 g/mol. The highest BCUT2D eigenvalue weighted by molar-refractivity contribution is 5.57. The fraction of sp³-hybridized carbons (Fsp3) is 0.526. The first kappa shape index (κ1) is 19.2. The maximum Gasteiger partial charge on any atom is 0.111 e. The van der Waals surface area contributed by atoms with Crippen LogP contribution in [0.3, 0.4) is 0 Å². The van der Waals surface area contributed by atoms with Crippen LogP contribution in [-0.2, 0) is 0 Å². The predicted molar refractivity (Wildman–Crippen MR) is 100 cm³/mol. The van der Waals surface area contributed by atoms with E-state index < -0.39 is 0 Å². The van der Waals surface area contributed by atoms with Gasteiger partial charge < -0.3 is 14.9 Å². The predicted octanol–water partition coefficient (Wildman–Crippen LogP) is 3.39. The molecule has 0 saturated carbocycles. The molecule has 1 rings (SSSR count). The van der Waals surface area contributed by atoms with Crippen molar-refractivity contribution in [1.82, 2.24) is 4.90 Å². The molecule has 0 aliphatic rings. The van der Waals surface area contributed by atoms with Crippen molar-refractivity contribution in [3.8, 4) is 0 Å². The molecule has 0 bridgehead atoms. The van der Waals surface area contributed by atoms with Gasteiger partial charge in [0.15, 0.2) is 0 Å². The molecule has 0 spiro atoms. The van der Waals surface area contributed by atoms with Crippen molar-refractivity contribution >= 4 is 12.0 Å². The van der Waals surface area contributed by atoms with E-state index in [4.69, 9.17) is 0 Å². The number of benzene rings is 1. The van der Waals surface area contributed by atoms with Crippen LogP contribution in [0.5, 0.6) is 0 Å². The van der Waals surface area contributed by atoms with E-state index in [1.165, 1.54) is 0 Å². The number of hydrogen-bond acceptors (Lipinski definition) is 3. The number of aliphatic hydroxyl groups is 1. The van der Waals surface area contributed by atoms with Gasteiger partial charge in [0, 0.05) is 26.4 Å². The third kappa shape index (κ3) is 4.58. The van der Waals surface area contributed by atoms with Crippen molar-refractivity contribution in [3.05, 3.63) is 43.0 Å². The smallest absolute Gasteiger partial charge is 0.111 e. The van der Waals surface area contributed by atoms with Crippen LogP contribution in [0.15, 0.2) is 48.0 Å². The van der Waals surface area contributed by atoms with Gasteiger partial charge in [-0.3, -0.25) is 4.99 Å². The second kappa shape index (κ2) is 8.16. The van der Waals surface area contributed by atoms with Crippen molar-refractivity contribution in [2.45, 2.75) is 32.7 Å². The molecule has 0 fully saturated rings. The lowest BCUT2D eigenvalue weighted by atomic mass is 9.70. The lowest BCUT2D eigenvalue weighted by Crippen LogP contribution is -2.52. The molecule has 1 atom stereocenters. The summed E-state index contributed by atoms with van der Waals surface area (Å²) < 4.78 is 0. The number of hydrogen-bond donors (Lipinski definition) is 1. The van der Waals surface area contributed by atoms with Gasteiger partial charge in [-0.1, -0.05) is 38.1 Å². The van der Waals surface area contributed by atoms with E-state index >= 15 is 0 Å². The summed E-state index contributed by atoms with van der Waals surface area (Å²) in [5.41, 5.74) is 0.736. The summed E-state index contributed by atoms with van der Waals surface area (Å²) in [6.45, 7) is 11.2. The van der Waals surface area contributed by atoms with Crippen molar-refractivity contribution in [1.29, 1.82) is 0 Å². The Bertz CT molecular complexity index is 513. The van der Waals surface area contributed by atoms with Gasteiger partial charge in [-0.15, -0.1) is 6.58 Å². The maximum absolute atomic E-state index is 9.32. The minimum Gasteiger partial charge on any atom is -0.396 e. The van der Waals surface area contributed by atoms with Gasteiger partial charge in [-0.05, 0) is 30.9 Å². The Morgan fingerprint density at radius 3 is 2.30 bits per heavy atom. The normalized spacial score (nSPS) is 14.5. The second-order valence-corrected chi connectivity index (χ2v) is 6.79. The molecule has 0 heterocycles. The van der Waals surface area contributed by atoms with Crippen LogP contribution in [0.1, 0.15) is 27.2 Å². The van der Waals surface area contributed by atoms with E-state index in [1.54, 1.807) is 0 Å². The Morgan fingerprint density at radius 2 is 1.78 bits per heavy atom. The van der Waals surface area contributed by atoms with E-state index in [0.717, 1.165) is 5.69 Å². The number of para-hydroxylation sites is 1. The standard InChI is InChI=1S/C19H31N3O/c1-7-19(4,18(2,3)13-14-23)22(6)16-20-15-21(5)17-11-9-8-10-12-17/h7-12,16,23H,1,13-15H2,2-6H3. The Labute approximate surface area is 141 Å². The highest BCUT2D eigenvalue weighted by Crippen LogP contribution is 2.38. The highest BCUT2D eigenvalue weighted by atomic mass is 16.3. The lowest BCUT2D eigenvalue weighted by molar-refractivity contribution is 0.0820. The van der Waals surface area contributed by atoms with Gasteiger partial charge in [0.1, 0.15) is 6.67 Å². The molecule has 0 radical (unpaired) electrons. The highest BCUT2D eigenvalue weighted by Gasteiger charge is 2.40. The first-order valence-electron chi connectivity index (χ1n) is 8.02. The van der Waals surface area contributed by atoms with Crippen LogP contribution < -0.4 is 4.90 Å². The van der Waals surface area contributed by atoms with Crippen LogP contribution in [0.4, 0.5) is 5.69 Å². The van der Waals surface area contributed by atoms with Crippen LogP contribution >= 0.6 is 0 Å². The summed E-state index contributed by atoms with van der Waals surface area (Å²) >= 11 is 0. The van der Waals surface area contributed by atoms with E-state index in [2.05, 4.69) is 54.3 Å². The minimum absolute atomic E-state index is 0.115. The molecule has 0 amide bonds. The average Bonchev–Trinajstić information content (AvgIpc) is 2.54. The molecule has 0 saturated heterocycles. The summed E-state index contributed by atoms with van der Waals surface area (Å²) in [4.78, 5) is 8.72. The number of likely N-dealkylation sites (N-methyl/N-ethyl adjacent to an activating group) is 1. The summed E-state index contributed by atoms with van der Waals surface area (Å²) in [6.07, 6.45) is 4.51. The maximum atomic E-state index is 9.32. The van der Waals surface area contributed by atoms with Crippen molar-refractivity contribution in [2.75, 3.05) is 32.3 Å². The zero-order valence-corrected chi connectivity index (χ0v) is 15.2. The van der Waals surface area contributed by atoms with Gasteiger partial charge in [0.25, 0.3) is 0 Å². The largest absolute Gasteiger partial charge is 0.396 e. The number of nitrogens with zero attached hydrogens (tertiary/aromatic N) is 3. The second-order valence-electron chi connectivity index (χ2n) is 6.79. The first-order chi connectivity index (χ1) is 10.8. The quantitative estimate of drug-likeness (QED) is 0.431.